The number of nitrogens with zero attached hydrogens (tertiary/aromatic N) is 1. The van der Waals surface area contributed by atoms with Crippen molar-refractivity contribution in [3.63, 3.8) is 0 Å². The Balaban J connectivity index is 1.44. The Morgan fingerprint density at radius 2 is 1.65 bits per heavy atom. The smallest absolute Gasteiger partial charge is 0.166 e. The van der Waals surface area contributed by atoms with Crippen molar-refractivity contribution in [2.45, 2.75) is 38.0 Å². The first-order valence-electron chi connectivity index (χ1n) is 9.66. The van der Waals surface area contributed by atoms with Crippen LogP contribution in [-0.4, -0.2) is 31.1 Å². The molecule has 0 bridgehead atoms. The van der Waals surface area contributed by atoms with Gasteiger partial charge in [-0.1, -0.05) is 24.6 Å². The Bertz CT molecular complexity index is 749. The fraction of sp³-hybridized carbons (Fsp3) is 0.455. The van der Waals surface area contributed by atoms with Gasteiger partial charge in [0.2, 0.25) is 0 Å². The number of halogens is 2. The molecule has 26 heavy (non-hydrogen) atoms. The second-order valence-corrected chi connectivity index (χ2v) is 7.38. The average Bonchev–Trinajstić information content (AvgIpc) is 3.51. The molecule has 2 aromatic carbocycles. The molecule has 1 heterocycles. The van der Waals surface area contributed by atoms with Crippen molar-refractivity contribution in [1.82, 2.24) is 4.90 Å². The Labute approximate surface area is 153 Å². The molecule has 0 aromatic heterocycles. The number of hydrogen-bond donors (Lipinski definition) is 0. The topological polar surface area (TPSA) is 12.5 Å². The van der Waals surface area contributed by atoms with Gasteiger partial charge in [0.05, 0.1) is 0 Å². The van der Waals surface area contributed by atoms with Gasteiger partial charge in [0, 0.05) is 12.1 Å². The van der Waals surface area contributed by atoms with Crippen LogP contribution in [0.2, 0.25) is 0 Å². The fourth-order valence-electron chi connectivity index (χ4n) is 3.79. The molecule has 1 saturated carbocycles. The third-order valence-corrected chi connectivity index (χ3v) is 5.41. The van der Waals surface area contributed by atoms with Gasteiger partial charge in [-0.05, 0) is 74.0 Å². The molecule has 1 aliphatic carbocycles. The van der Waals surface area contributed by atoms with Crippen LogP contribution in [0, 0.1) is 11.6 Å². The Morgan fingerprint density at radius 3 is 2.35 bits per heavy atom. The lowest BCUT2D eigenvalue weighted by atomic mass is 9.96. The maximum atomic E-state index is 14.4. The largest absolute Gasteiger partial charge is 0.492 e. The minimum atomic E-state index is -0.786. The zero-order chi connectivity index (χ0) is 17.9. The molecule has 0 spiro atoms. The van der Waals surface area contributed by atoms with Gasteiger partial charge in [0.1, 0.15) is 12.4 Å². The normalized spacial score (nSPS) is 18.1. The minimum absolute atomic E-state index is 0.362. The Kier molecular flexibility index (Phi) is 5.21. The van der Waals surface area contributed by atoms with E-state index in [1.807, 2.05) is 24.3 Å². The van der Waals surface area contributed by atoms with Gasteiger partial charge in [0.25, 0.3) is 0 Å². The maximum absolute atomic E-state index is 14.4. The molecule has 1 aliphatic heterocycles. The third-order valence-electron chi connectivity index (χ3n) is 5.41. The van der Waals surface area contributed by atoms with E-state index in [1.54, 1.807) is 6.07 Å². The lowest BCUT2D eigenvalue weighted by molar-refractivity contribution is 0.183. The van der Waals surface area contributed by atoms with Gasteiger partial charge in [-0.15, -0.1) is 0 Å². The zero-order valence-corrected chi connectivity index (χ0v) is 15.0. The van der Waals surface area contributed by atoms with Crippen LogP contribution in [0.3, 0.4) is 0 Å². The lowest BCUT2D eigenvalue weighted by Gasteiger charge is -2.26. The molecule has 0 N–H and O–H groups in total. The molecule has 2 fully saturated rings. The molecule has 138 valence electrons. The van der Waals surface area contributed by atoms with E-state index in [9.17, 15) is 8.78 Å². The van der Waals surface area contributed by atoms with E-state index in [1.165, 1.54) is 25.3 Å². The van der Waals surface area contributed by atoms with Crippen LogP contribution < -0.4 is 4.74 Å². The fourth-order valence-corrected chi connectivity index (χ4v) is 3.79. The monoisotopic (exact) mass is 357 g/mol. The Morgan fingerprint density at radius 1 is 0.923 bits per heavy atom. The number of rotatable bonds is 6. The van der Waals surface area contributed by atoms with Crippen molar-refractivity contribution in [3.8, 4) is 16.9 Å². The van der Waals surface area contributed by atoms with Crippen molar-refractivity contribution < 1.29 is 13.5 Å². The highest BCUT2D eigenvalue weighted by Gasteiger charge is 2.29. The van der Waals surface area contributed by atoms with Gasteiger partial charge in [-0.2, -0.15) is 0 Å². The van der Waals surface area contributed by atoms with Gasteiger partial charge in [0.15, 0.2) is 11.6 Å². The van der Waals surface area contributed by atoms with Crippen LogP contribution in [0.1, 0.15) is 43.6 Å². The summed E-state index contributed by atoms with van der Waals surface area (Å²) in [5.41, 5.74) is 2.04. The molecular formula is C22H25F2NO. The predicted octanol–water partition coefficient (Wildman–Crippen LogP) is 5.37. The molecule has 1 saturated heterocycles. The van der Waals surface area contributed by atoms with Crippen molar-refractivity contribution in [3.05, 3.63) is 53.6 Å². The molecule has 2 aliphatic rings. The van der Waals surface area contributed by atoms with E-state index in [0.29, 0.717) is 23.7 Å². The van der Waals surface area contributed by atoms with E-state index in [0.717, 1.165) is 43.8 Å². The second-order valence-electron chi connectivity index (χ2n) is 7.38. The van der Waals surface area contributed by atoms with E-state index in [4.69, 9.17) is 4.74 Å². The number of piperidine rings is 1. The quantitative estimate of drug-likeness (QED) is 0.689. The molecule has 4 rings (SSSR count). The summed E-state index contributed by atoms with van der Waals surface area (Å²) in [5, 5.41) is 0. The van der Waals surface area contributed by atoms with Crippen LogP contribution in [0.15, 0.2) is 36.4 Å². The summed E-state index contributed by atoms with van der Waals surface area (Å²) in [6, 6.07) is 10.3. The highest BCUT2D eigenvalue weighted by Crippen LogP contribution is 2.45. The van der Waals surface area contributed by atoms with Crippen LogP contribution in [0.5, 0.6) is 5.75 Å². The Hall–Kier alpha value is -1.94. The molecular weight excluding hydrogens is 332 g/mol. The van der Waals surface area contributed by atoms with Gasteiger partial charge in [-0.25, -0.2) is 8.78 Å². The minimum Gasteiger partial charge on any atom is -0.492 e. The summed E-state index contributed by atoms with van der Waals surface area (Å²) < 4.78 is 34.0. The van der Waals surface area contributed by atoms with Gasteiger partial charge in [-0.3, -0.25) is 4.90 Å². The predicted molar refractivity (Wildman–Crippen MR) is 99.6 cm³/mol. The molecule has 4 heteroatoms. The van der Waals surface area contributed by atoms with Crippen molar-refractivity contribution in [2.75, 3.05) is 26.2 Å². The molecule has 0 amide bonds. The van der Waals surface area contributed by atoms with E-state index >= 15 is 0 Å². The van der Waals surface area contributed by atoms with Crippen molar-refractivity contribution in [1.29, 1.82) is 0 Å². The van der Waals surface area contributed by atoms with E-state index in [2.05, 4.69) is 4.90 Å². The summed E-state index contributed by atoms with van der Waals surface area (Å²) >= 11 is 0. The van der Waals surface area contributed by atoms with Gasteiger partial charge < -0.3 is 4.74 Å². The zero-order valence-electron chi connectivity index (χ0n) is 15.0. The SMILES string of the molecule is Fc1ccc(C2CC2)c(-c2ccc(OCCN3CCCCC3)cc2)c1F. The third kappa shape index (κ3) is 3.90. The number of benzene rings is 2. The number of likely N-dealkylation sites (tertiary alicyclic amines) is 1. The second kappa shape index (κ2) is 7.75. The average molecular weight is 357 g/mol. The molecule has 0 radical (unpaired) electrons. The molecule has 2 aromatic rings. The van der Waals surface area contributed by atoms with Crippen LogP contribution in [0.25, 0.3) is 11.1 Å². The van der Waals surface area contributed by atoms with E-state index in [-0.39, 0.29) is 0 Å². The molecule has 0 unspecified atom stereocenters. The highest BCUT2D eigenvalue weighted by molar-refractivity contribution is 5.70. The first-order valence-corrected chi connectivity index (χ1v) is 9.66. The van der Waals surface area contributed by atoms with Crippen LogP contribution in [0.4, 0.5) is 8.78 Å². The highest BCUT2D eigenvalue weighted by atomic mass is 19.2. The number of hydrogen-bond acceptors (Lipinski definition) is 2. The first kappa shape index (κ1) is 17.5. The molecule has 2 nitrogen and oxygen atoms in total. The summed E-state index contributed by atoms with van der Waals surface area (Å²) in [5.74, 6) is -0.393. The summed E-state index contributed by atoms with van der Waals surface area (Å²) in [4.78, 5) is 2.43. The number of ether oxygens (including phenoxy) is 1. The van der Waals surface area contributed by atoms with Crippen LogP contribution in [-0.2, 0) is 0 Å². The summed E-state index contributed by atoms with van der Waals surface area (Å²) in [6.07, 6.45) is 5.98. The van der Waals surface area contributed by atoms with E-state index < -0.39 is 11.6 Å². The first-order chi connectivity index (χ1) is 12.7. The molecule has 0 atom stereocenters. The van der Waals surface area contributed by atoms with Crippen molar-refractivity contribution in [2.24, 2.45) is 0 Å². The standard InChI is InChI=1S/C22H25F2NO/c23-20-11-10-19(16-4-5-16)21(22(20)24)17-6-8-18(9-7-17)26-15-14-25-12-2-1-3-13-25/h6-11,16H,1-5,12-15H2. The van der Waals surface area contributed by atoms with Crippen LogP contribution >= 0.6 is 0 Å². The maximum Gasteiger partial charge on any atom is 0.166 e. The van der Waals surface area contributed by atoms with Crippen molar-refractivity contribution >= 4 is 0 Å². The summed E-state index contributed by atoms with van der Waals surface area (Å²) in [7, 11) is 0. The lowest BCUT2D eigenvalue weighted by Crippen LogP contribution is -2.33. The van der Waals surface area contributed by atoms with Gasteiger partial charge >= 0.3 is 0 Å². The summed E-state index contributed by atoms with van der Waals surface area (Å²) in [6.45, 7) is 3.91.